The molecule has 0 bridgehead atoms. The van der Waals surface area contributed by atoms with Crippen molar-refractivity contribution in [1.82, 2.24) is 0 Å². The van der Waals surface area contributed by atoms with Crippen LogP contribution in [0.25, 0.3) is 0 Å². The Labute approximate surface area is 309 Å². The number of allylic oxidation sites excluding steroid dienone is 3. The molecule has 0 rings (SSSR count). The van der Waals surface area contributed by atoms with Crippen LogP contribution in [0.5, 0.6) is 0 Å². The van der Waals surface area contributed by atoms with Crippen molar-refractivity contribution in [1.29, 1.82) is 0 Å². The van der Waals surface area contributed by atoms with Gasteiger partial charge in [0.05, 0.1) is 34.0 Å². The van der Waals surface area contributed by atoms with Gasteiger partial charge in [-0.15, -0.1) is 0 Å². The Kier molecular flexibility index (Phi) is 34.1. The van der Waals surface area contributed by atoms with Crippen molar-refractivity contribution in [3.05, 3.63) is 24.5 Å². The van der Waals surface area contributed by atoms with Crippen LogP contribution < -0.4 is 4.89 Å². The summed E-state index contributed by atoms with van der Waals surface area (Å²) in [7, 11) is 1.32. The van der Waals surface area contributed by atoms with Crippen molar-refractivity contribution >= 4 is 13.8 Å². The van der Waals surface area contributed by atoms with E-state index >= 15 is 0 Å². The van der Waals surface area contributed by atoms with Gasteiger partial charge >= 0.3 is 5.97 Å². The van der Waals surface area contributed by atoms with Crippen LogP contribution in [0.1, 0.15) is 181 Å². The smallest absolute Gasteiger partial charge is 0.306 e. The van der Waals surface area contributed by atoms with Crippen LogP contribution in [0, 0.1) is 0 Å². The maximum absolute atomic E-state index is 12.6. The van der Waals surface area contributed by atoms with Crippen LogP contribution in [0.15, 0.2) is 24.5 Å². The van der Waals surface area contributed by atoms with E-state index in [-0.39, 0.29) is 25.8 Å². The second-order valence-corrected chi connectivity index (χ2v) is 16.5. The topological polar surface area (TPSA) is 94.1 Å². The standard InChI is InChI=1S/C41H80NO7P/c1-6-8-10-12-14-16-18-20-21-22-23-25-27-29-31-33-36-46-38-40(39-48-50(44,45)47-37-35-42(3,4)5)49-41(43)34-32-30-28-26-24-19-17-15-13-11-9-7-2/h20-21,33,36,40H,6-19,22-32,34-35,37-39H2,1-5H3/b21-20-,36-33-. The molecule has 0 spiro atoms. The van der Waals surface area contributed by atoms with Crippen LogP contribution in [0.3, 0.4) is 0 Å². The fourth-order valence-electron chi connectivity index (χ4n) is 5.56. The molecule has 0 N–H and O–H groups in total. The Morgan fingerprint density at radius 2 is 1.06 bits per heavy atom. The van der Waals surface area contributed by atoms with E-state index in [1.807, 2.05) is 27.2 Å². The number of hydrogen-bond acceptors (Lipinski definition) is 7. The molecular formula is C41H80NO7P. The molecule has 0 saturated carbocycles. The lowest BCUT2D eigenvalue weighted by atomic mass is 10.0. The molecule has 0 saturated heterocycles. The summed E-state index contributed by atoms with van der Waals surface area (Å²) in [5.41, 5.74) is 0. The summed E-state index contributed by atoms with van der Waals surface area (Å²) in [4.78, 5) is 24.9. The van der Waals surface area contributed by atoms with E-state index in [1.165, 1.54) is 122 Å². The first-order valence-corrected chi connectivity index (χ1v) is 22.1. The largest absolute Gasteiger partial charge is 0.756 e. The monoisotopic (exact) mass is 730 g/mol. The van der Waals surface area contributed by atoms with Crippen LogP contribution in [0.2, 0.25) is 0 Å². The van der Waals surface area contributed by atoms with Crippen molar-refractivity contribution < 1.29 is 37.3 Å². The molecule has 0 aliphatic rings. The minimum atomic E-state index is -4.53. The van der Waals surface area contributed by atoms with Crippen LogP contribution in [-0.2, 0) is 27.9 Å². The summed E-state index contributed by atoms with van der Waals surface area (Å²) in [6, 6.07) is 0. The molecule has 0 aromatic heterocycles. The highest BCUT2D eigenvalue weighted by atomic mass is 31.2. The highest BCUT2D eigenvalue weighted by molar-refractivity contribution is 7.45. The summed E-state index contributed by atoms with van der Waals surface area (Å²) >= 11 is 0. The fourth-order valence-corrected chi connectivity index (χ4v) is 6.29. The minimum absolute atomic E-state index is 0.0167. The van der Waals surface area contributed by atoms with Crippen molar-refractivity contribution in [2.75, 3.05) is 47.5 Å². The predicted molar refractivity (Wildman–Crippen MR) is 208 cm³/mol. The summed E-state index contributed by atoms with van der Waals surface area (Å²) in [6.07, 6.45) is 38.5. The second kappa shape index (κ2) is 34.9. The zero-order valence-electron chi connectivity index (χ0n) is 33.4. The van der Waals surface area contributed by atoms with Gasteiger partial charge in [0.15, 0.2) is 6.10 Å². The number of carbonyl (C=O) groups excluding carboxylic acids is 1. The molecule has 0 aromatic rings. The lowest BCUT2D eigenvalue weighted by Crippen LogP contribution is -2.37. The second-order valence-electron chi connectivity index (χ2n) is 15.1. The molecule has 50 heavy (non-hydrogen) atoms. The first kappa shape index (κ1) is 48.8. The van der Waals surface area contributed by atoms with Gasteiger partial charge in [0.1, 0.15) is 19.8 Å². The third-order valence-corrected chi connectivity index (χ3v) is 9.78. The third-order valence-electron chi connectivity index (χ3n) is 8.82. The van der Waals surface area contributed by atoms with E-state index in [0.717, 1.165) is 38.5 Å². The summed E-state index contributed by atoms with van der Waals surface area (Å²) in [5.74, 6) is -0.359. The lowest BCUT2D eigenvalue weighted by molar-refractivity contribution is -0.870. The number of esters is 1. The number of hydrogen-bond donors (Lipinski definition) is 0. The SMILES string of the molecule is CCCCCCCC/C=C\CCCCCC/C=C\OCC(COP(=O)([O-])OCC[N+](C)(C)C)OC(=O)CCCCCCCCCCCCCC. The number of quaternary nitrogens is 1. The number of likely N-dealkylation sites (N-methyl/N-ethyl adjacent to an activating group) is 1. The van der Waals surface area contributed by atoms with E-state index in [0.29, 0.717) is 17.4 Å². The van der Waals surface area contributed by atoms with Crippen LogP contribution in [0.4, 0.5) is 0 Å². The highest BCUT2D eigenvalue weighted by Crippen LogP contribution is 2.38. The number of unbranched alkanes of at least 4 members (excludes halogenated alkanes) is 22. The number of ether oxygens (including phenoxy) is 2. The van der Waals surface area contributed by atoms with Gasteiger partial charge in [-0.3, -0.25) is 9.36 Å². The average molecular weight is 730 g/mol. The van der Waals surface area contributed by atoms with E-state index in [4.69, 9.17) is 18.5 Å². The Balaban J connectivity index is 4.32. The number of phosphoric acid groups is 1. The number of phosphoric ester groups is 1. The molecule has 0 radical (unpaired) electrons. The van der Waals surface area contributed by atoms with E-state index in [2.05, 4.69) is 26.0 Å². The maximum Gasteiger partial charge on any atom is 0.306 e. The summed E-state index contributed by atoms with van der Waals surface area (Å²) in [6.45, 7) is 4.72. The van der Waals surface area contributed by atoms with E-state index < -0.39 is 13.9 Å². The quantitative estimate of drug-likeness (QED) is 0.0156. The normalized spacial score (nSPS) is 14.0. The predicted octanol–water partition coefficient (Wildman–Crippen LogP) is 11.4. The number of carbonyl (C=O) groups is 1. The molecule has 9 heteroatoms. The van der Waals surface area contributed by atoms with E-state index in [9.17, 15) is 14.3 Å². The fraction of sp³-hybridized carbons (Fsp3) is 0.878. The van der Waals surface area contributed by atoms with Gasteiger partial charge < -0.3 is 27.9 Å². The van der Waals surface area contributed by atoms with Gasteiger partial charge in [0, 0.05) is 6.42 Å². The molecule has 2 unspecified atom stereocenters. The summed E-state index contributed by atoms with van der Waals surface area (Å²) in [5, 5.41) is 0. The molecule has 0 heterocycles. The molecule has 296 valence electrons. The number of nitrogens with zero attached hydrogens (tertiary/aromatic N) is 1. The highest BCUT2D eigenvalue weighted by Gasteiger charge is 2.20. The molecular weight excluding hydrogens is 649 g/mol. The van der Waals surface area contributed by atoms with Gasteiger partial charge in [-0.1, -0.05) is 142 Å². The third kappa shape index (κ3) is 38.1. The van der Waals surface area contributed by atoms with Gasteiger partial charge in [0.25, 0.3) is 7.82 Å². The van der Waals surface area contributed by atoms with Crippen molar-refractivity contribution in [3.63, 3.8) is 0 Å². The van der Waals surface area contributed by atoms with Crippen molar-refractivity contribution in [3.8, 4) is 0 Å². The first-order valence-electron chi connectivity index (χ1n) is 20.6. The Morgan fingerprint density at radius 1 is 0.620 bits per heavy atom. The average Bonchev–Trinajstić information content (AvgIpc) is 3.06. The Bertz CT molecular complexity index is 858. The van der Waals surface area contributed by atoms with Gasteiger partial charge in [-0.05, 0) is 51.0 Å². The van der Waals surface area contributed by atoms with E-state index in [1.54, 1.807) is 6.26 Å². The van der Waals surface area contributed by atoms with Crippen LogP contribution >= 0.6 is 7.82 Å². The molecule has 0 fully saturated rings. The van der Waals surface area contributed by atoms with Gasteiger partial charge in [-0.25, -0.2) is 0 Å². The number of rotatable bonds is 38. The molecule has 2 atom stereocenters. The maximum atomic E-state index is 12.6. The molecule has 0 aliphatic carbocycles. The van der Waals surface area contributed by atoms with Crippen LogP contribution in [-0.4, -0.2) is 64.1 Å². The molecule has 0 aromatic carbocycles. The Morgan fingerprint density at radius 3 is 1.54 bits per heavy atom. The zero-order valence-corrected chi connectivity index (χ0v) is 34.2. The molecule has 0 aliphatic heterocycles. The molecule has 0 amide bonds. The van der Waals surface area contributed by atoms with Crippen molar-refractivity contribution in [2.45, 2.75) is 187 Å². The van der Waals surface area contributed by atoms with Crippen molar-refractivity contribution in [2.24, 2.45) is 0 Å². The summed E-state index contributed by atoms with van der Waals surface area (Å²) < 4.78 is 34.2. The minimum Gasteiger partial charge on any atom is -0.756 e. The van der Waals surface area contributed by atoms with Gasteiger partial charge in [0.2, 0.25) is 0 Å². The molecule has 8 nitrogen and oxygen atoms in total. The van der Waals surface area contributed by atoms with Gasteiger partial charge in [-0.2, -0.15) is 0 Å². The Hall–Kier alpha value is -1.18. The zero-order chi connectivity index (χ0) is 37.0. The lowest BCUT2D eigenvalue weighted by Gasteiger charge is -2.28. The first-order chi connectivity index (χ1) is 24.1.